The van der Waals surface area contributed by atoms with E-state index >= 15 is 0 Å². The van der Waals surface area contributed by atoms with E-state index in [-0.39, 0.29) is 16.9 Å². The topological polar surface area (TPSA) is 74.2 Å². The monoisotopic (exact) mass is 395 g/mol. The summed E-state index contributed by atoms with van der Waals surface area (Å²) in [7, 11) is 1.63. The number of benzene rings is 2. The molecule has 29 heavy (non-hydrogen) atoms. The molecule has 3 rings (SSSR count). The number of hydrogen-bond donors (Lipinski definition) is 2. The second-order valence-electron chi connectivity index (χ2n) is 8.03. The lowest BCUT2D eigenvalue weighted by molar-refractivity contribution is 0.0952. The molecule has 1 unspecified atom stereocenters. The largest absolute Gasteiger partial charge is 0.507 e. The van der Waals surface area contributed by atoms with E-state index in [2.05, 4.69) is 55.3 Å². The minimum Gasteiger partial charge on any atom is -0.507 e. The molecule has 154 valence electrons. The smallest absolute Gasteiger partial charge is 0.275 e. The number of anilines is 1. The van der Waals surface area contributed by atoms with E-state index in [4.69, 9.17) is 4.74 Å². The third kappa shape index (κ3) is 4.06. The fourth-order valence-corrected chi connectivity index (χ4v) is 4.29. The molecule has 0 radical (unpaired) electrons. The standard InChI is InChI=1S/C23H29N3O3/c1-6-26-19-12-21(29-5)16(11-18(19)15(2)13-23(26,3)4)14-24-25-22(28)17-9-7-8-10-20(17)27/h7-12,14-15,27H,6,13H2,1-5H3,(H,25,28)/b24-14+. The van der Waals surface area contributed by atoms with Crippen LogP contribution in [0.1, 0.15) is 61.5 Å². The minimum atomic E-state index is -0.469. The van der Waals surface area contributed by atoms with Crippen molar-refractivity contribution in [3.05, 3.63) is 53.1 Å². The number of nitrogens with zero attached hydrogens (tertiary/aromatic N) is 2. The summed E-state index contributed by atoms with van der Waals surface area (Å²) in [5.74, 6) is 0.551. The highest BCUT2D eigenvalue weighted by Gasteiger charge is 2.36. The number of methoxy groups -OCH3 is 1. The highest BCUT2D eigenvalue weighted by atomic mass is 16.5. The number of carbonyl (C=O) groups is 1. The molecule has 1 aliphatic heterocycles. The molecule has 0 spiro atoms. The number of fused-ring (bicyclic) bond motifs is 1. The number of aromatic hydroxyl groups is 1. The Hall–Kier alpha value is -3.02. The van der Waals surface area contributed by atoms with Crippen LogP contribution in [-0.4, -0.2) is 36.4 Å². The molecule has 1 heterocycles. The predicted octanol–water partition coefficient (Wildman–Crippen LogP) is 4.28. The van der Waals surface area contributed by atoms with Crippen LogP contribution < -0.4 is 15.1 Å². The zero-order chi connectivity index (χ0) is 21.2. The molecule has 0 saturated carbocycles. The summed E-state index contributed by atoms with van der Waals surface area (Å²) in [5, 5.41) is 13.9. The molecular weight excluding hydrogens is 366 g/mol. The lowest BCUT2D eigenvalue weighted by Crippen LogP contribution is -2.48. The van der Waals surface area contributed by atoms with Crippen LogP contribution in [0.2, 0.25) is 0 Å². The maximum absolute atomic E-state index is 12.2. The van der Waals surface area contributed by atoms with E-state index < -0.39 is 5.91 Å². The van der Waals surface area contributed by atoms with Gasteiger partial charge in [0.1, 0.15) is 11.5 Å². The van der Waals surface area contributed by atoms with Crippen LogP contribution >= 0.6 is 0 Å². The van der Waals surface area contributed by atoms with Gasteiger partial charge in [-0.2, -0.15) is 5.10 Å². The maximum Gasteiger partial charge on any atom is 0.275 e. The van der Waals surface area contributed by atoms with Gasteiger partial charge in [-0.15, -0.1) is 0 Å². The molecule has 0 aliphatic carbocycles. The Bertz CT molecular complexity index is 937. The van der Waals surface area contributed by atoms with Crippen molar-refractivity contribution in [1.82, 2.24) is 5.43 Å². The van der Waals surface area contributed by atoms with E-state index in [1.807, 2.05) is 0 Å². The number of carbonyl (C=O) groups excluding carboxylic acids is 1. The van der Waals surface area contributed by atoms with Crippen molar-refractivity contribution in [2.75, 3.05) is 18.6 Å². The van der Waals surface area contributed by atoms with Crippen molar-refractivity contribution in [1.29, 1.82) is 0 Å². The van der Waals surface area contributed by atoms with Crippen molar-refractivity contribution in [3.63, 3.8) is 0 Å². The highest BCUT2D eigenvalue weighted by molar-refractivity contribution is 5.97. The Morgan fingerprint density at radius 3 is 2.76 bits per heavy atom. The molecule has 6 nitrogen and oxygen atoms in total. The number of para-hydroxylation sites is 1. The van der Waals surface area contributed by atoms with Crippen LogP contribution in [0.15, 0.2) is 41.5 Å². The average molecular weight is 396 g/mol. The fourth-order valence-electron chi connectivity index (χ4n) is 4.29. The Labute approximate surface area is 172 Å². The van der Waals surface area contributed by atoms with Crippen LogP contribution in [0.4, 0.5) is 5.69 Å². The molecule has 6 heteroatoms. The van der Waals surface area contributed by atoms with Gasteiger partial charge in [0.15, 0.2) is 0 Å². The molecular formula is C23H29N3O3. The summed E-state index contributed by atoms with van der Waals surface area (Å²) in [6.07, 6.45) is 2.64. The van der Waals surface area contributed by atoms with E-state index in [0.29, 0.717) is 11.7 Å². The Balaban J connectivity index is 1.89. The number of amides is 1. The molecule has 1 aliphatic rings. The van der Waals surface area contributed by atoms with Gasteiger partial charge in [0, 0.05) is 29.4 Å². The van der Waals surface area contributed by atoms with Gasteiger partial charge < -0.3 is 14.7 Å². The third-order valence-corrected chi connectivity index (χ3v) is 5.57. The van der Waals surface area contributed by atoms with Gasteiger partial charge in [-0.1, -0.05) is 19.1 Å². The molecule has 1 atom stereocenters. The molecule has 2 N–H and O–H groups in total. The molecule has 0 bridgehead atoms. The average Bonchev–Trinajstić information content (AvgIpc) is 2.67. The Kier molecular flexibility index (Phi) is 5.82. The van der Waals surface area contributed by atoms with Crippen molar-refractivity contribution in [2.24, 2.45) is 5.10 Å². The van der Waals surface area contributed by atoms with Crippen LogP contribution in [0.5, 0.6) is 11.5 Å². The first-order valence-corrected chi connectivity index (χ1v) is 9.89. The van der Waals surface area contributed by atoms with Crippen LogP contribution in [0.3, 0.4) is 0 Å². The zero-order valence-corrected chi connectivity index (χ0v) is 17.7. The lowest BCUT2D eigenvalue weighted by atomic mass is 9.79. The molecule has 0 saturated heterocycles. The highest BCUT2D eigenvalue weighted by Crippen LogP contribution is 2.45. The Morgan fingerprint density at radius 2 is 2.10 bits per heavy atom. The van der Waals surface area contributed by atoms with Crippen molar-refractivity contribution in [3.8, 4) is 11.5 Å². The van der Waals surface area contributed by atoms with Crippen molar-refractivity contribution >= 4 is 17.8 Å². The molecule has 2 aromatic carbocycles. The minimum absolute atomic E-state index is 0.0768. The number of rotatable bonds is 5. The summed E-state index contributed by atoms with van der Waals surface area (Å²) in [6, 6.07) is 10.5. The lowest BCUT2D eigenvalue weighted by Gasteiger charge is -2.47. The number of hydrogen-bond acceptors (Lipinski definition) is 5. The van der Waals surface area contributed by atoms with E-state index in [1.54, 1.807) is 31.5 Å². The summed E-state index contributed by atoms with van der Waals surface area (Å²) in [4.78, 5) is 14.6. The first-order chi connectivity index (χ1) is 13.8. The van der Waals surface area contributed by atoms with Gasteiger partial charge in [-0.25, -0.2) is 5.43 Å². The van der Waals surface area contributed by atoms with Gasteiger partial charge in [-0.3, -0.25) is 4.79 Å². The van der Waals surface area contributed by atoms with Gasteiger partial charge >= 0.3 is 0 Å². The normalized spacial score (nSPS) is 17.8. The van der Waals surface area contributed by atoms with Crippen molar-refractivity contribution < 1.29 is 14.6 Å². The second kappa shape index (κ2) is 8.15. The molecule has 2 aromatic rings. The molecule has 1 amide bonds. The zero-order valence-electron chi connectivity index (χ0n) is 17.7. The maximum atomic E-state index is 12.2. The molecule has 0 aromatic heterocycles. The number of hydrazone groups is 1. The van der Waals surface area contributed by atoms with Crippen LogP contribution in [0.25, 0.3) is 0 Å². The van der Waals surface area contributed by atoms with E-state index in [0.717, 1.165) is 18.5 Å². The van der Waals surface area contributed by atoms with Gasteiger partial charge in [-0.05, 0) is 56.9 Å². The fraction of sp³-hybridized carbons (Fsp3) is 0.391. The second-order valence-corrected chi connectivity index (χ2v) is 8.03. The van der Waals surface area contributed by atoms with E-state index in [9.17, 15) is 9.90 Å². The first-order valence-electron chi connectivity index (χ1n) is 9.89. The van der Waals surface area contributed by atoms with Gasteiger partial charge in [0.25, 0.3) is 5.91 Å². The first kappa shape index (κ1) is 20.7. The summed E-state index contributed by atoms with van der Waals surface area (Å²) in [5.41, 5.74) is 5.95. The SMILES string of the molecule is CCN1c2cc(OC)c(/C=N/NC(=O)c3ccccc3O)cc2C(C)CC1(C)C. The van der Waals surface area contributed by atoms with Crippen LogP contribution in [0, 0.1) is 0 Å². The Morgan fingerprint density at radius 1 is 1.38 bits per heavy atom. The summed E-state index contributed by atoms with van der Waals surface area (Å²) < 4.78 is 5.60. The summed E-state index contributed by atoms with van der Waals surface area (Å²) >= 11 is 0. The predicted molar refractivity (Wildman–Crippen MR) is 116 cm³/mol. The van der Waals surface area contributed by atoms with Crippen LogP contribution in [-0.2, 0) is 0 Å². The van der Waals surface area contributed by atoms with E-state index in [1.165, 1.54) is 17.3 Å². The number of phenols is 1. The number of phenolic OH excluding ortho intramolecular Hbond substituents is 1. The molecule has 0 fully saturated rings. The third-order valence-electron chi connectivity index (χ3n) is 5.57. The van der Waals surface area contributed by atoms with Gasteiger partial charge in [0.2, 0.25) is 0 Å². The van der Waals surface area contributed by atoms with Crippen molar-refractivity contribution in [2.45, 2.75) is 45.6 Å². The van der Waals surface area contributed by atoms with Gasteiger partial charge in [0.05, 0.1) is 18.9 Å². The number of nitrogens with one attached hydrogen (secondary N) is 1. The quantitative estimate of drug-likeness (QED) is 0.585. The number of ether oxygens (including phenoxy) is 1. The summed E-state index contributed by atoms with van der Waals surface area (Å²) in [6.45, 7) is 9.86.